The van der Waals surface area contributed by atoms with Crippen molar-refractivity contribution in [1.82, 2.24) is 10.2 Å². The van der Waals surface area contributed by atoms with Crippen molar-refractivity contribution in [3.05, 3.63) is 35.4 Å². The fraction of sp³-hybridized carbons (Fsp3) is 0.467. The first-order valence-corrected chi connectivity index (χ1v) is 6.91. The molecule has 1 aromatic carbocycles. The number of hydrogen-bond acceptors (Lipinski definition) is 2. The molecule has 1 aromatic rings. The van der Waals surface area contributed by atoms with E-state index in [2.05, 4.69) is 5.32 Å². The third-order valence-corrected chi connectivity index (χ3v) is 3.58. The van der Waals surface area contributed by atoms with Crippen molar-refractivity contribution in [2.24, 2.45) is 5.92 Å². The van der Waals surface area contributed by atoms with Crippen molar-refractivity contribution >= 4 is 11.8 Å². The molecule has 2 amide bonds. The van der Waals surface area contributed by atoms with Crippen molar-refractivity contribution < 1.29 is 18.4 Å². The summed E-state index contributed by atoms with van der Waals surface area (Å²) in [6.45, 7) is 3.61. The van der Waals surface area contributed by atoms with Gasteiger partial charge < -0.3 is 10.2 Å². The van der Waals surface area contributed by atoms with Gasteiger partial charge in [-0.3, -0.25) is 9.59 Å². The molecule has 0 aliphatic carbocycles. The van der Waals surface area contributed by atoms with Crippen LogP contribution in [0.4, 0.5) is 8.78 Å². The number of hydrogen-bond donors (Lipinski definition) is 1. The SMILES string of the molecule is CC(C)C1NC(=O)CCN(Cc2c(F)cccc2F)C1=O. The number of nitrogens with one attached hydrogen (secondary N) is 1. The Morgan fingerprint density at radius 1 is 1.29 bits per heavy atom. The van der Waals surface area contributed by atoms with Gasteiger partial charge in [0, 0.05) is 18.5 Å². The van der Waals surface area contributed by atoms with Crippen LogP contribution in [-0.2, 0) is 16.1 Å². The summed E-state index contributed by atoms with van der Waals surface area (Å²) in [5.41, 5.74) is -0.150. The van der Waals surface area contributed by atoms with Crippen LogP contribution in [0.3, 0.4) is 0 Å². The van der Waals surface area contributed by atoms with Gasteiger partial charge in [-0.2, -0.15) is 0 Å². The summed E-state index contributed by atoms with van der Waals surface area (Å²) < 4.78 is 27.4. The van der Waals surface area contributed by atoms with Crippen LogP contribution in [0.25, 0.3) is 0 Å². The van der Waals surface area contributed by atoms with Gasteiger partial charge in [0.1, 0.15) is 17.7 Å². The molecule has 1 atom stereocenters. The highest BCUT2D eigenvalue weighted by atomic mass is 19.1. The van der Waals surface area contributed by atoms with Crippen LogP contribution in [0.1, 0.15) is 25.8 Å². The van der Waals surface area contributed by atoms with E-state index < -0.39 is 17.7 Å². The van der Waals surface area contributed by atoms with Crippen LogP contribution >= 0.6 is 0 Å². The Bertz CT molecular complexity index is 540. The second-order valence-electron chi connectivity index (χ2n) is 5.50. The minimum absolute atomic E-state index is 0.0903. The van der Waals surface area contributed by atoms with E-state index in [9.17, 15) is 18.4 Å². The van der Waals surface area contributed by atoms with Crippen LogP contribution in [0.5, 0.6) is 0 Å². The van der Waals surface area contributed by atoms with Crippen molar-refractivity contribution in [3.8, 4) is 0 Å². The van der Waals surface area contributed by atoms with Crippen LogP contribution in [-0.4, -0.2) is 29.3 Å². The lowest BCUT2D eigenvalue weighted by molar-refractivity contribution is -0.135. The smallest absolute Gasteiger partial charge is 0.245 e. The Kier molecular flexibility index (Phi) is 4.55. The molecule has 1 fully saturated rings. The van der Waals surface area contributed by atoms with Gasteiger partial charge in [-0.1, -0.05) is 19.9 Å². The van der Waals surface area contributed by atoms with E-state index in [1.54, 1.807) is 0 Å². The van der Waals surface area contributed by atoms with Crippen LogP contribution in [0.2, 0.25) is 0 Å². The third kappa shape index (κ3) is 3.37. The fourth-order valence-electron chi connectivity index (χ4n) is 2.33. The average molecular weight is 296 g/mol. The third-order valence-electron chi connectivity index (χ3n) is 3.58. The minimum atomic E-state index is -0.688. The number of benzene rings is 1. The van der Waals surface area contributed by atoms with Gasteiger partial charge >= 0.3 is 0 Å². The van der Waals surface area contributed by atoms with Gasteiger partial charge in [0.25, 0.3) is 0 Å². The molecular formula is C15H18F2N2O2. The van der Waals surface area contributed by atoms with E-state index in [0.717, 1.165) is 12.1 Å². The number of rotatable bonds is 3. The van der Waals surface area contributed by atoms with Gasteiger partial charge in [0.15, 0.2) is 0 Å². The van der Waals surface area contributed by atoms with Gasteiger partial charge in [0.2, 0.25) is 11.8 Å². The zero-order chi connectivity index (χ0) is 15.6. The fourth-order valence-corrected chi connectivity index (χ4v) is 2.33. The Morgan fingerprint density at radius 2 is 1.90 bits per heavy atom. The van der Waals surface area contributed by atoms with E-state index in [4.69, 9.17) is 0 Å². The van der Waals surface area contributed by atoms with Crippen LogP contribution in [0, 0.1) is 17.6 Å². The normalized spacial score (nSPS) is 19.7. The van der Waals surface area contributed by atoms with Crippen molar-refractivity contribution in [2.45, 2.75) is 32.9 Å². The number of nitrogens with zero attached hydrogens (tertiary/aromatic N) is 1. The van der Waals surface area contributed by atoms with Gasteiger partial charge in [-0.05, 0) is 18.1 Å². The maximum absolute atomic E-state index is 13.7. The molecule has 6 heteroatoms. The summed E-state index contributed by atoms with van der Waals surface area (Å²) in [5.74, 6) is -2.00. The first-order valence-electron chi connectivity index (χ1n) is 6.91. The van der Waals surface area contributed by atoms with E-state index in [-0.39, 0.29) is 42.8 Å². The molecule has 1 saturated heterocycles. The quantitative estimate of drug-likeness (QED) is 0.925. The highest BCUT2D eigenvalue weighted by Gasteiger charge is 2.32. The maximum atomic E-state index is 13.7. The molecule has 1 heterocycles. The van der Waals surface area contributed by atoms with Crippen LogP contribution < -0.4 is 5.32 Å². The predicted octanol–water partition coefficient (Wildman–Crippen LogP) is 1.84. The molecule has 1 N–H and O–H groups in total. The maximum Gasteiger partial charge on any atom is 0.245 e. The predicted molar refractivity (Wildman–Crippen MR) is 73.2 cm³/mol. The van der Waals surface area contributed by atoms with E-state index in [0.29, 0.717) is 0 Å². The Morgan fingerprint density at radius 3 is 2.48 bits per heavy atom. The lowest BCUT2D eigenvalue weighted by Gasteiger charge is -2.26. The molecule has 114 valence electrons. The molecule has 21 heavy (non-hydrogen) atoms. The summed E-state index contributed by atoms with van der Waals surface area (Å²) in [7, 11) is 0. The monoisotopic (exact) mass is 296 g/mol. The molecule has 0 aromatic heterocycles. The minimum Gasteiger partial charge on any atom is -0.344 e. The molecule has 0 bridgehead atoms. The molecule has 0 spiro atoms. The van der Waals surface area contributed by atoms with Crippen molar-refractivity contribution in [2.75, 3.05) is 6.54 Å². The van der Waals surface area contributed by atoms with Gasteiger partial charge in [0.05, 0.1) is 6.54 Å². The standard InChI is InChI=1S/C15H18F2N2O2/c1-9(2)14-15(21)19(7-6-13(20)18-14)8-10-11(16)4-3-5-12(10)17/h3-5,9,14H,6-8H2,1-2H3,(H,18,20). The highest BCUT2D eigenvalue weighted by molar-refractivity contribution is 5.90. The van der Waals surface area contributed by atoms with Crippen molar-refractivity contribution in [3.63, 3.8) is 0 Å². The van der Waals surface area contributed by atoms with E-state index in [1.807, 2.05) is 13.8 Å². The molecule has 1 aliphatic rings. The summed E-state index contributed by atoms with van der Waals surface area (Å²) in [6, 6.07) is 2.93. The van der Waals surface area contributed by atoms with Gasteiger partial charge in [-0.25, -0.2) is 8.78 Å². The van der Waals surface area contributed by atoms with Crippen molar-refractivity contribution in [1.29, 1.82) is 0 Å². The second-order valence-corrected chi connectivity index (χ2v) is 5.50. The van der Waals surface area contributed by atoms with E-state index in [1.165, 1.54) is 11.0 Å². The van der Waals surface area contributed by atoms with Crippen LogP contribution in [0.15, 0.2) is 18.2 Å². The molecule has 2 rings (SSSR count). The summed E-state index contributed by atoms with van der Waals surface area (Å²) in [5, 5.41) is 2.66. The molecule has 4 nitrogen and oxygen atoms in total. The summed E-state index contributed by atoms with van der Waals surface area (Å²) >= 11 is 0. The lowest BCUT2D eigenvalue weighted by Crippen LogP contribution is -2.47. The first-order chi connectivity index (χ1) is 9.90. The number of halogens is 2. The summed E-state index contributed by atoms with van der Waals surface area (Å²) in [6.07, 6.45) is 0.130. The largest absolute Gasteiger partial charge is 0.344 e. The topological polar surface area (TPSA) is 49.4 Å². The molecule has 0 radical (unpaired) electrons. The Hall–Kier alpha value is -1.98. The summed E-state index contributed by atoms with van der Waals surface area (Å²) in [4.78, 5) is 25.4. The zero-order valence-corrected chi connectivity index (χ0v) is 12.0. The number of carbonyl (C=O) groups is 2. The van der Waals surface area contributed by atoms with Gasteiger partial charge in [-0.15, -0.1) is 0 Å². The number of carbonyl (C=O) groups excluding carboxylic acids is 2. The van der Waals surface area contributed by atoms with E-state index >= 15 is 0 Å². The Balaban J connectivity index is 2.25. The number of amides is 2. The highest BCUT2D eigenvalue weighted by Crippen LogP contribution is 2.18. The second kappa shape index (κ2) is 6.20. The average Bonchev–Trinajstić information content (AvgIpc) is 2.55. The first kappa shape index (κ1) is 15.4. The molecule has 1 aliphatic heterocycles. The lowest BCUT2D eigenvalue weighted by atomic mass is 10.0. The molecule has 1 unspecified atom stereocenters. The zero-order valence-electron chi connectivity index (χ0n) is 12.0. The molecular weight excluding hydrogens is 278 g/mol. The molecule has 0 saturated carbocycles. The Labute approximate surface area is 122 Å².